The SMILES string of the molecule is CCn1ncc(Br)c1C1CCC1CNC1CC1. The molecule has 1 heterocycles. The number of hydrogen-bond acceptors (Lipinski definition) is 2. The van der Waals surface area contributed by atoms with Crippen molar-refractivity contribution < 1.29 is 0 Å². The van der Waals surface area contributed by atoms with Gasteiger partial charge in [0.25, 0.3) is 0 Å². The Hall–Kier alpha value is -0.350. The highest BCUT2D eigenvalue weighted by molar-refractivity contribution is 9.10. The predicted octanol–water partition coefficient (Wildman–Crippen LogP) is 2.91. The van der Waals surface area contributed by atoms with Crippen molar-refractivity contribution in [2.24, 2.45) is 5.92 Å². The number of aryl methyl sites for hydroxylation is 1. The molecule has 4 heteroatoms. The third kappa shape index (κ3) is 2.29. The summed E-state index contributed by atoms with van der Waals surface area (Å²) in [6, 6.07) is 0.829. The first-order valence-corrected chi connectivity index (χ1v) is 7.53. The third-order valence-electron chi connectivity index (χ3n) is 4.15. The van der Waals surface area contributed by atoms with Gasteiger partial charge in [-0.15, -0.1) is 0 Å². The van der Waals surface area contributed by atoms with Crippen molar-refractivity contribution in [2.75, 3.05) is 6.54 Å². The molecule has 2 atom stereocenters. The lowest BCUT2D eigenvalue weighted by Crippen LogP contribution is -2.36. The molecular weight excluding hydrogens is 278 g/mol. The lowest BCUT2D eigenvalue weighted by atomic mass is 9.71. The van der Waals surface area contributed by atoms with Gasteiger partial charge in [-0.1, -0.05) is 0 Å². The van der Waals surface area contributed by atoms with E-state index < -0.39 is 0 Å². The molecule has 94 valence electrons. The maximum absolute atomic E-state index is 4.43. The number of halogens is 1. The molecule has 2 aliphatic rings. The van der Waals surface area contributed by atoms with Crippen LogP contribution in [0.25, 0.3) is 0 Å². The number of nitrogens with zero attached hydrogens (tertiary/aromatic N) is 2. The van der Waals surface area contributed by atoms with E-state index in [1.54, 1.807) is 0 Å². The number of nitrogens with one attached hydrogen (secondary N) is 1. The summed E-state index contributed by atoms with van der Waals surface area (Å²) >= 11 is 3.65. The second-order valence-corrected chi connectivity index (χ2v) is 6.17. The number of hydrogen-bond donors (Lipinski definition) is 1. The second kappa shape index (κ2) is 4.73. The number of rotatable bonds is 5. The van der Waals surface area contributed by atoms with Crippen molar-refractivity contribution in [3.05, 3.63) is 16.4 Å². The first-order valence-electron chi connectivity index (χ1n) is 6.74. The van der Waals surface area contributed by atoms with Crippen LogP contribution in [0.4, 0.5) is 0 Å². The molecule has 0 radical (unpaired) electrons. The van der Waals surface area contributed by atoms with E-state index in [0.717, 1.165) is 18.5 Å². The van der Waals surface area contributed by atoms with E-state index in [1.165, 1.54) is 42.4 Å². The zero-order valence-corrected chi connectivity index (χ0v) is 11.9. The molecule has 1 N–H and O–H groups in total. The van der Waals surface area contributed by atoms with Gasteiger partial charge in [-0.3, -0.25) is 4.68 Å². The summed E-state index contributed by atoms with van der Waals surface area (Å²) < 4.78 is 3.35. The molecule has 0 saturated heterocycles. The van der Waals surface area contributed by atoms with Gasteiger partial charge in [-0.2, -0.15) is 5.10 Å². The first kappa shape index (κ1) is 11.7. The van der Waals surface area contributed by atoms with Crippen LogP contribution in [0.5, 0.6) is 0 Å². The molecule has 2 unspecified atom stereocenters. The highest BCUT2D eigenvalue weighted by Crippen LogP contribution is 2.44. The summed E-state index contributed by atoms with van der Waals surface area (Å²) in [6.07, 6.45) is 7.40. The van der Waals surface area contributed by atoms with Gasteiger partial charge in [0, 0.05) is 18.5 Å². The minimum Gasteiger partial charge on any atom is -0.314 e. The van der Waals surface area contributed by atoms with Crippen LogP contribution >= 0.6 is 15.9 Å². The molecule has 2 fully saturated rings. The fraction of sp³-hybridized carbons (Fsp3) is 0.769. The summed E-state index contributed by atoms with van der Waals surface area (Å²) in [5.74, 6) is 1.52. The van der Waals surface area contributed by atoms with E-state index >= 15 is 0 Å². The van der Waals surface area contributed by atoms with Crippen LogP contribution in [-0.4, -0.2) is 22.4 Å². The Kier molecular flexibility index (Phi) is 3.26. The monoisotopic (exact) mass is 297 g/mol. The van der Waals surface area contributed by atoms with E-state index in [9.17, 15) is 0 Å². The summed E-state index contributed by atoms with van der Waals surface area (Å²) in [5.41, 5.74) is 1.42. The van der Waals surface area contributed by atoms with Crippen LogP contribution in [-0.2, 0) is 6.54 Å². The van der Waals surface area contributed by atoms with Gasteiger partial charge < -0.3 is 5.32 Å². The first-order chi connectivity index (χ1) is 8.29. The van der Waals surface area contributed by atoms with Gasteiger partial charge in [0.05, 0.1) is 16.4 Å². The topological polar surface area (TPSA) is 29.9 Å². The Bertz CT molecular complexity index is 397. The molecule has 0 bridgehead atoms. The van der Waals surface area contributed by atoms with E-state index in [4.69, 9.17) is 0 Å². The Morgan fingerprint density at radius 1 is 1.41 bits per heavy atom. The van der Waals surface area contributed by atoms with Crippen LogP contribution in [0.1, 0.15) is 44.2 Å². The van der Waals surface area contributed by atoms with Crippen molar-refractivity contribution >= 4 is 15.9 Å². The Labute approximate surface area is 111 Å². The minimum atomic E-state index is 0.707. The Balaban J connectivity index is 1.67. The standard InChI is InChI=1S/C13H20BrN3/c1-2-17-13(12(14)8-16-17)11-6-3-9(11)7-15-10-4-5-10/h8-11,15H,2-7H2,1H3. The third-order valence-corrected chi connectivity index (χ3v) is 4.76. The van der Waals surface area contributed by atoms with Crippen molar-refractivity contribution in [1.29, 1.82) is 0 Å². The van der Waals surface area contributed by atoms with Crippen molar-refractivity contribution in [3.8, 4) is 0 Å². The molecule has 0 aliphatic heterocycles. The van der Waals surface area contributed by atoms with Crippen LogP contribution < -0.4 is 5.32 Å². The average Bonchev–Trinajstić information content (AvgIpc) is 3.04. The fourth-order valence-corrected chi connectivity index (χ4v) is 3.36. The quantitative estimate of drug-likeness (QED) is 0.906. The predicted molar refractivity (Wildman–Crippen MR) is 72.1 cm³/mol. The van der Waals surface area contributed by atoms with Crippen LogP contribution in [0.2, 0.25) is 0 Å². The molecular formula is C13H20BrN3. The van der Waals surface area contributed by atoms with E-state index in [-0.39, 0.29) is 0 Å². The zero-order valence-electron chi connectivity index (χ0n) is 10.3. The molecule has 2 aliphatic carbocycles. The summed E-state index contributed by atoms with van der Waals surface area (Å²) in [7, 11) is 0. The normalized spacial score (nSPS) is 28.1. The lowest BCUT2D eigenvalue weighted by molar-refractivity contribution is 0.232. The van der Waals surface area contributed by atoms with Crippen molar-refractivity contribution in [2.45, 2.75) is 51.1 Å². The molecule has 2 saturated carbocycles. The largest absolute Gasteiger partial charge is 0.314 e. The van der Waals surface area contributed by atoms with Gasteiger partial charge in [-0.05, 0) is 61.0 Å². The summed E-state index contributed by atoms with van der Waals surface area (Å²) in [5, 5.41) is 8.09. The molecule has 1 aromatic heterocycles. The Morgan fingerprint density at radius 3 is 2.82 bits per heavy atom. The molecule has 17 heavy (non-hydrogen) atoms. The number of aromatic nitrogens is 2. The maximum atomic E-state index is 4.43. The van der Waals surface area contributed by atoms with Gasteiger partial charge in [0.15, 0.2) is 0 Å². The van der Waals surface area contributed by atoms with E-state index in [2.05, 4.69) is 38.0 Å². The maximum Gasteiger partial charge on any atom is 0.0635 e. The molecule has 0 aromatic carbocycles. The molecule has 1 aromatic rings. The molecule has 3 nitrogen and oxygen atoms in total. The highest BCUT2D eigenvalue weighted by Gasteiger charge is 2.36. The van der Waals surface area contributed by atoms with Gasteiger partial charge in [0.1, 0.15) is 0 Å². The average molecular weight is 298 g/mol. The van der Waals surface area contributed by atoms with E-state index in [1.807, 2.05) is 6.20 Å². The Morgan fingerprint density at radius 2 is 2.24 bits per heavy atom. The van der Waals surface area contributed by atoms with Crippen LogP contribution in [0.15, 0.2) is 10.7 Å². The molecule has 0 spiro atoms. The summed E-state index contributed by atoms with van der Waals surface area (Å²) in [4.78, 5) is 0. The fourth-order valence-electron chi connectivity index (χ4n) is 2.77. The van der Waals surface area contributed by atoms with E-state index in [0.29, 0.717) is 5.92 Å². The van der Waals surface area contributed by atoms with Crippen molar-refractivity contribution in [3.63, 3.8) is 0 Å². The summed E-state index contributed by atoms with van der Waals surface area (Å²) in [6.45, 7) is 4.33. The van der Waals surface area contributed by atoms with Gasteiger partial charge >= 0.3 is 0 Å². The van der Waals surface area contributed by atoms with Gasteiger partial charge in [0.2, 0.25) is 0 Å². The highest BCUT2D eigenvalue weighted by atomic mass is 79.9. The van der Waals surface area contributed by atoms with Crippen LogP contribution in [0, 0.1) is 5.92 Å². The minimum absolute atomic E-state index is 0.707. The molecule has 0 amide bonds. The second-order valence-electron chi connectivity index (χ2n) is 5.32. The van der Waals surface area contributed by atoms with Gasteiger partial charge in [-0.25, -0.2) is 0 Å². The zero-order chi connectivity index (χ0) is 11.8. The smallest absolute Gasteiger partial charge is 0.0635 e. The van der Waals surface area contributed by atoms with Crippen molar-refractivity contribution in [1.82, 2.24) is 15.1 Å². The molecule has 3 rings (SSSR count). The lowest BCUT2D eigenvalue weighted by Gasteiger charge is -2.37. The van der Waals surface area contributed by atoms with Crippen LogP contribution in [0.3, 0.4) is 0 Å².